The number of para-hydroxylation sites is 3. The molecule has 6 aliphatic heterocycles. The molecule has 9 heterocycles. The molecule has 3 aromatic heterocycles. The Morgan fingerprint density at radius 2 is 0.957 bits per heavy atom. The monoisotopic (exact) mass is 876 g/mol. The first-order chi connectivity index (χ1) is 34.0. The summed E-state index contributed by atoms with van der Waals surface area (Å²) >= 11 is 0. The van der Waals surface area contributed by atoms with Crippen molar-refractivity contribution in [3.05, 3.63) is 193 Å². The maximum absolute atomic E-state index is 5.22. The normalized spacial score (nSPS) is 14.2. The van der Waals surface area contributed by atoms with Crippen LogP contribution in [0.15, 0.2) is 176 Å². The maximum atomic E-state index is 5.22. The fourth-order valence-corrected chi connectivity index (χ4v) is 14.2. The highest BCUT2D eigenvalue weighted by atomic mass is 15.2. The zero-order chi connectivity index (χ0) is 45.1. The number of aromatic nitrogens is 3. The summed E-state index contributed by atoms with van der Waals surface area (Å²) in [5, 5.41) is 2.54. The first-order valence-electron chi connectivity index (χ1n) is 24.1. The number of aryl methyl sites for hydroxylation is 3. The molecule has 6 nitrogen and oxygen atoms in total. The van der Waals surface area contributed by atoms with Crippen molar-refractivity contribution in [2.75, 3.05) is 14.6 Å². The molecule has 0 fully saturated rings. The molecule has 11 aromatic rings. The van der Waals surface area contributed by atoms with Crippen LogP contribution in [-0.4, -0.2) is 28.1 Å². The fraction of sp³-hybridized carbons (Fsp3) is 0.0492. The lowest BCUT2D eigenvalue weighted by atomic mass is 9.41. The Hall–Kier alpha value is -8.61. The molecular formula is C61H38B2N6. The van der Waals surface area contributed by atoms with Crippen LogP contribution in [0.4, 0.5) is 45.5 Å². The number of anilines is 8. The Labute approximate surface area is 399 Å². The molecule has 0 radical (unpaired) electrons. The maximum Gasteiger partial charge on any atom is 0.333 e. The van der Waals surface area contributed by atoms with E-state index < -0.39 is 0 Å². The van der Waals surface area contributed by atoms with Crippen LogP contribution in [0.5, 0.6) is 0 Å². The molecular weight excluding hydrogens is 838 g/mol. The first kappa shape index (κ1) is 36.5. The molecule has 0 amide bonds. The predicted molar refractivity (Wildman–Crippen MR) is 287 cm³/mol. The van der Waals surface area contributed by atoms with Gasteiger partial charge in [-0.3, -0.25) is 9.97 Å². The van der Waals surface area contributed by atoms with Crippen molar-refractivity contribution in [2.24, 2.45) is 0 Å². The van der Waals surface area contributed by atoms with Crippen molar-refractivity contribution in [2.45, 2.75) is 20.8 Å². The van der Waals surface area contributed by atoms with Crippen LogP contribution >= 0.6 is 0 Å². The van der Waals surface area contributed by atoms with Gasteiger partial charge in [0.15, 0.2) is 0 Å². The number of fused-ring (bicyclic) bond motifs is 9. The molecule has 0 spiro atoms. The van der Waals surface area contributed by atoms with E-state index in [2.05, 4.69) is 216 Å². The second-order valence-electron chi connectivity index (χ2n) is 19.8. The van der Waals surface area contributed by atoms with Gasteiger partial charge in [-0.25, -0.2) is 0 Å². The largest absolute Gasteiger partial charge is 0.376 e. The molecule has 69 heavy (non-hydrogen) atoms. The van der Waals surface area contributed by atoms with E-state index in [4.69, 9.17) is 9.97 Å². The van der Waals surface area contributed by atoms with Gasteiger partial charge in [0.05, 0.1) is 29.5 Å². The Kier molecular flexibility index (Phi) is 6.60. The van der Waals surface area contributed by atoms with E-state index in [-0.39, 0.29) is 13.7 Å². The number of hydrogen-bond donors (Lipinski definition) is 0. The molecule has 0 bridgehead atoms. The average molecular weight is 877 g/mol. The summed E-state index contributed by atoms with van der Waals surface area (Å²) in [5.74, 6) is 0. The zero-order valence-corrected chi connectivity index (χ0v) is 38.1. The quantitative estimate of drug-likeness (QED) is 0.165. The smallest absolute Gasteiger partial charge is 0.333 e. The lowest BCUT2D eigenvalue weighted by Crippen LogP contribution is -2.63. The van der Waals surface area contributed by atoms with Crippen LogP contribution in [0.1, 0.15) is 16.7 Å². The summed E-state index contributed by atoms with van der Waals surface area (Å²) in [4.78, 5) is 17.9. The second-order valence-corrected chi connectivity index (χ2v) is 19.8. The SMILES string of the molecule is Cc1cc(C)c(N2c3cncc4c3B3c5c(cncc52)-c2c(-c5cccc6c5-c5cccc7c5B5c8c(cccc8N7c7ccccc7)-c7ccccc7N56)ccc5c6cccc-4c6n3c25)c(C)c1. The summed E-state index contributed by atoms with van der Waals surface area (Å²) in [5.41, 5.74) is 33.5. The molecule has 318 valence electrons. The van der Waals surface area contributed by atoms with Crippen molar-refractivity contribution in [3.63, 3.8) is 0 Å². The molecule has 0 saturated carbocycles. The lowest BCUT2D eigenvalue weighted by Gasteiger charge is -2.49. The highest BCUT2D eigenvalue weighted by Crippen LogP contribution is 2.57. The van der Waals surface area contributed by atoms with E-state index in [0.717, 1.165) is 17.1 Å². The Morgan fingerprint density at radius 1 is 0.377 bits per heavy atom. The highest BCUT2D eigenvalue weighted by molar-refractivity contribution is 6.95. The fourth-order valence-electron chi connectivity index (χ4n) is 14.2. The van der Waals surface area contributed by atoms with E-state index in [1.165, 1.54) is 144 Å². The van der Waals surface area contributed by atoms with Gasteiger partial charge in [0.25, 0.3) is 0 Å². The predicted octanol–water partition coefficient (Wildman–Crippen LogP) is 12.3. The van der Waals surface area contributed by atoms with Crippen molar-refractivity contribution in [1.82, 2.24) is 14.4 Å². The van der Waals surface area contributed by atoms with Crippen molar-refractivity contribution >= 4 is 103 Å². The lowest BCUT2D eigenvalue weighted by molar-refractivity contribution is 1.15. The van der Waals surface area contributed by atoms with Gasteiger partial charge in [-0.1, -0.05) is 121 Å². The van der Waals surface area contributed by atoms with Crippen molar-refractivity contribution in [1.29, 1.82) is 0 Å². The van der Waals surface area contributed by atoms with Gasteiger partial charge >= 0.3 is 13.7 Å². The topological polar surface area (TPSA) is 40.4 Å². The van der Waals surface area contributed by atoms with E-state index in [1.807, 2.05) is 0 Å². The van der Waals surface area contributed by atoms with E-state index in [9.17, 15) is 0 Å². The third-order valence-electron chi connectivity index (χ3n) is 16.4. The minimum atomic E-state index is -0.0411. The molecule has 0 atom stereocenters. The molecule has 0 saturated heterocycles. The van der Waals surface area contributed by atoms with Gasteiger partial charge in [-0.15, -0.1) is 0 Å². The molecule has 17 rings (SSSR count). The number of nitrogens with zero attached hydrogens (tertiary/aromatic N) is 6. The molecule has 8 heteroatoms. The van der Waals surface area contributed by atoms with E-state index in [0.29, 0.717) is 0 Å². The molecule has 0 aliphatic carbocycles. The number of benzene rings is 8. The second kappa shape index (κ2) is 12.5. The summed E-state index contributed by atoms with van der Waals surface area (Å²) in [6, 6.07) is 57.2. The van der Waals surface area contributed by atoms with Gasteiger partial charge in [-0.05, 0) is 112 Å². The highest BCUT2D eigenvalue weighted by Gasteiger charge is 2.51. The van der Waals surface area contributed by atoms with Gasteiger partial charge < -0.3 is 19.1 Å². The Balaban J connectivity index is 1.00. The van der Waals surface area contributed by atoms with E-state index in [1.54, 1.807) is 0 Å². The zero-order valence-electron chi connectivity index (χ0n) is 38.1. The van der Waals surface area contributed by atoms with Crippen LogP contribution in [0, 0.1) is 20.8 Å². The van der Waals surface area contributed by atoms with Crippen LogP contribution < -0.4 is 36.5 Å². The molecule has 0 N–H and O–H groups in total. The molecule has 6 aliphatic rings. The summed E-state index contributed by atoms with van der Waals surface area (Å²) in [6.45, 7) is 6.65. The summed E-state index contributed by atoms with van der Waals surface area (Å²) < 4.78 is 2.70. The van der Waals surface area contributed by atoms with Crippen molar-refractivity contribution in [3.8, 4) is 55.6 Å². The van der Waals surface area contributed by atoms with Gasteiger partial charge in [0.1, 0.15) is 0 Å². The number of hydrogen-bond acceptors (Lipinski definition) is 5. The van der Waals surface area contributed by atoms with Crippen LogP contribution in [0.3, 0.4) is 0 Å². The third kappa shape index (κ3) is 4.22. The molecule has 0 unspecified atom stereocenters. The van der Waals surface area contributed by atoms with Crippen LogP contribution in [-0.2, 0) is 0 Å². The summed E-state index contributed by atoms with van der Waals surface area (Å²) in [6.07, 6.45) is 8.48. The van der Waals surface area contributed by atoms with Gasteiger partial charge in [-0.2, -0.15) is 0 Å². The minimum Gasteiger partial charge on any atom is -0.376 e. The Morgan fingerprint density at radius 3 is 1.75 bits per heavy atom. The number of pyridine rings is 2. The number of rotatable bonds is 3. The molecule has 8 aromatic carbocycles. The standard InChI is InChI=1S/C61H38B2N6/c1-33-27-34(2)59(35(3)28-33)67-51-31-64-29-45-42-19-9-18-41-43-26-25-39(54-46-30-65-32-52(67)58(46)63(57(45)51)69(60(41)42)61(43)54)38-16-10-22-48-53(38)44-20-12-24-50-56(44)62-55-40(37-15-7-8-21-47(37)68(48)62)17-11-23-49(55)66(50)36-13-5-4-6-14-36/h4-32H,1-3H3. The first-order valence-corrected chi connectivity index (χ1v) is 24.1. The third-order valence-corrected chi connectivity index (χ3v) is 16.4. The van der Waals surface area contributed by atoms with Crippen LogP contribution in [0.2, 0.25) is 0 Å². The van der Waals surface area contributed by atoms with Gasteiger partial charge in [0, 0.05) is 96.0 Å². The minimum absolute atomic E-state index is 0.00539. The van der Waals surface area contributed by atoms with E-state index >= 15 is 0 Å². The van der Waals surface area contributed by atoms with Gasteiger partial charge in [0.2, 0.25) is 0 Å². The van der Waals surface area contributed by atoms with Crippen LogP contribution in [0.25, 0.3) is 77.4 Å². The average Bonchev–Trinajstić information content (AvgIpc) is 3.73. The van der Waals surface area contributed by atoms with Crippen molar-refractivity contribution < 1.29 is 0 Å². The summed E-state index contributed by atoms with van der Waals surface area (Å²) in [7, 11) is 0. The Bertz CT molecular complexity index is 4210.